The Morgan fingerprint density at radius 3 is 2.88 bits per heavy atom. The van der Waals surface area contributed by atoms with E-state index in [9.17, 15) is 9.18 Å². The Kier molecular flexibility index (Phi) is 2.86. The zero-order chi connectivity index (χ0) is 11.4. The molecule has 0 saturated heterocycles. The SMILES string of the molecule is O=C(Nc1cccnc1)c1ccnc(F)c1. The molecule has 1 amide bonds. The van der Waals surface area contributed by atoms with E-state index in [-0.39, 0.29) is 5.56 Å². The summed E-state index contributed by atoms with van der Waals surface area (Å²) in [7, 11) is 0. The van der Waals surface area contributed by atoms with E-state index < -0.39 is 11.9 Å². The first-order chi connectivity index (χ1) is 7.75. The van der Waals surface area contributed by atoms with Gasteiger partial charge in [-0.3, -0.25) is 9.78 Å². The highest BCUT2D eigenvalue weighted by Gasteiger charge is 2.06. The molecule has 2 aromatic rings. The first-order valence-corrected chi connectivity index (χ1v) is 4.58. The highest BCUT2D eigenvalue weighted by molar-refractivity contribution is 6.04. The number of halogens is 1. The summed E-state index contributed by atoms with van der Waals surface area (Å²) in [6.07, 6.45) is 4.35. The zero-order valence-electron chi connectivity index (χ0n) is 8.22. The van der Waals surface area contributed by atoms with Gasteiger partial charge >= 0.3 is 0 Å². The second kappa shape index (κ2) is 4.48. The van der Waals surface area contributed by atoms with Crippen LogP contribution in [-0.4, -0.2) is 15.9 Å². The molecule has 1 N–H and O–H groups in total. The van der Waals surface area contributed by atoms with E-state index in [1.54, 1.807) is 18.3 Å². The van der Waals surface area contributed by atoms with Gasteiger partial charge in [-0.1, -0.05) is 0 Å². The van der Waals surface area contributed by atoms with Crippen molar-refractivity contribution in [3.8, 4) is 0 Å². The molecule has 4 nitrogen and oxygen atoms in total. The van der Waals surface area contributed by atoms with E-state index in [4.69, 9.17) is 0 Å². The van der Waals surface area contributed by atoms with Crippen molar-refractivity contribution >= 4 is 11.6 Å². The lowest BCUT2D eigenvalue weighted by Gasteiger charge is -2.03. The zero-order valence-corrected chi connectivity index (χ0v) is 8.22. The van der Waals surface area contributed by atoms with Crippen molar-refractivity contribution in [2.45, 2.75) is 0 Å². The van der Waals surface area contributed by atoms with Crippen LogP contribution in [-0.2, 0) is 0 Å². The van der Waals surface area contributed by atoms with Gasteiger partial charge in [0.25, 0.3) is 5.91 Å². The molecule has 0 spiro atoms. The smallest absolute Gasteiger partial charge is 0.255 e. The molecule has 0 radical (unpaired) electrons. The van der Waals surface area contributed by atoms with Crippen molar-refractivity contribution in [1.82, 2.24) is 9.97 Å². The molecule has 0 saturated carbocycles. The third-order valence-corrected chi connectivity index (χ3v) is 1.91. The van der Waals surface area contributed by atoms with Crippen molar-refractivity contribution in [2.75, 3.05) is 5.32 Å². The van der Waals surface area contributed by atoms with E-state index in [0.29, 0.717) is 5.69 Å². The fourth-order valence-electron chi connectivity index (χ4n) is 1.18. The lowest BCUT2D eigenvalue weighted by Crippen LogP contribution is -2.12. The van der Waals surface area contributed by atoms with Crippen LogP contribution in [0.2, 0.25) is 0 Å². The maximum atomic E-state index is 12.8. The van der Waals surface area contributed by atoms with Crippen LogP contribution in [0.3, 0.4) is 0 Å². The summed E-state index contributed by atoms with van der Waals surface area (Å²) in [5.41, 5.74) is 0.779. The van der Waals surface area contributed by atoms with Gasteiger partial charge in [0.2, 0.25) is 5.95 Å². The van der Waals surface area contributed by atoms with Gasteiger partial charge in [-0.05, 0) is 18.2 Å². The van der Waals surface area contributed by atoms with Crippen LogP contribution in [0.4, 0.5) is 10.1 Å². The van der Waals surface area contributed by atoms with Crippen LogP contribution >= 0.6 is 0 Å². The molecule has 5 heteroatoms. The standard InChI is InChI=1S/C11H8FN3O/c12-10-6-8(3-5-14-10)11(16)15-9-2-1-4-13-7-9/h1-7H,(H,15,16). The third-order valence-electron chi connectivity index (χ3n) is 1.91. The Hall–Kier alpha value is -2.30. The van der Waals surface area contributed by atoms with Gasteiger partial charge in [0.1, 0.15) is 0 Å². The number of carbonyl (C=O) groups is 1. The van der Waals surface area contributed by atoms with Crippen molar-refractivity contribution in [3.05, 3.63) is 54.4 Å². The van der Waals surface area contributed by atoms with Crippen molar-refractivity contribution in [3.63, 3.8) is 0 Å². The predicted octanol–water partition coefficient (Wildman–Crippen LogP) is 1.87. The van der Waals surface area contributed by atoms with Crippen molar-refractivity contribution in [2.24, 2.45) is 0 Å². The quantitative estimate of drug-likeness (QED) is 0.781. The first kappa shape index (κ1) is 10.2. The first-order valence-electron chi connectivity index (χ1n) is 4.58. The minimum absolute atomic E-state index is 0.219. The molecule has 80 valence electrons. The van der Waals surface area contributed by atoms with Crippen molar-refractivity contribution in [1.29, 1.82) is 0 Å². The molecule has 0 bridgehead atoms. The molecular formula is C11H8FN3O. The summed E-state index contributed by atoms with van der Waals surface area (Å²) in [4.78, 5) is 18.9. The number of aromatic nitrogens is 2. The Balaban J connectivity index is 2.15. The normalized spacial score (nSPS) is 9.81. The van der Waals surface area contributed by atoms with E-state index >= 15 is 0 Å². The molecule has 0 aliphatic rings. The number of nitrogens with zero attached hydrogens (tertiary/aromatic N) is 2. The monoisotopic (exact) mass is 217 g/mol. The van der Waals surface area contributed by atoms with Gasteiger partial charge in [-0.15, -0.1) is 0 Å². The molecule has 0 unspecified atom stereocenters. The molecule has 0 atom stereocenters. The average molecular weight is 217 g/mol. The number of amides is 1. The van der Waals surface area contributed by atoms with Gasteiger partial charge in [0.15, 0.2) is 0 Å². The molecule has 2 rings (SSSR count). The topological polar surface area (TPSA) is 54.9 Å². The molecular weight excluding hydrogens is 209 g/mol. The van der Waals surface area contributed by atoms with E-state index in [1.807, 2.05) is 0 Å². The Morgan fingerprint density at radius 1 is 1.31 bits per heavy atom. The number of nitrogens with one attached hydrogen (secondary N) is 1. The molecule has 0 aromatic carbocycles. The summed E-state index contributed by atoms with van der Waals surface area (Å²) in [6, 6.07) is 5.91. The van der Waals surface area contributed by atoms with Crippen LogP contribution < -0.4 is 5.32 Å². The number of carbonyl (C=O) groups excluding carboxylic acids is 1. The van der Waals surface area contributed by atoms with E-state index in [1.165, 1.54) is 18.5 Å². The number of hydrogen-bond donors (Lipinski definition) is 1. The van der Waals surface area contributed by atoms with Gasteiger partial charge in [-0.25, -0.2) is 4.98 Å². The highest BCUT2D eigenvalue weighted by Crippen LogP contribution is 2.07. The summed E-state index contributed by atoms with van der Waals surface area (Å²) in [5.74, 6) is -1.08. The number of anilines is 1. The second-order valence-corrected chi connectivity index (χ2v) is 3.06. The van der Waals surface area contributed by atoms with Crippen LogP contribution in [0.15, 0.2) is 42.9 Å². The fraction of sp³-hybridized carbons (Fsp3) is 0. The van der Waals surface area contributed by atoms with Crippen LogP contribution in [0.1, 0.15) is 10.4 Å². The van der Waals surface area contributed by atoms with Crippen LogP contribution in [0.5, 0.6) is 0 Å². The van der Waals surface area contributed by atoms with Gasteiger partial charge in [0, 0.05) is 24.0 Å². The Morgan fingerprint density at radius 2 is 2.19 bits per heavy atom. The second-order valence-electron chi connectivity index (χ2n) is 3.06. The Bertz CT molecular complexity index is 502. The molecule has 2 aromatic heterocycles. The molecule has 0 aliphatic carbocycles. The highest BCUT2D eigenvalue weighted by atomic mass is 19.1. The third kappa shape index (κ3) is 2.38. The molecule has 16 heavy (non-hydrogen) atoms. The summed E-state index contributed by atoms with van der Waals surface area (Å²) >= 11 is 0. The minimum atomic E-state index is -0.682. The number of hydrogen-bond acceptors (Lipinski definition) is 3. The fourth-order valence-corrected chi connectivity index (χ4v) is 1.18. The molecule has 2 heterocycles. The van der Waals surface area contributed by atoms with E-state index in [2.05, 4.69) is 15.3 Å². The van der Waals surface area contributed by atoms with Crippen LogP contribution in [0, 0.1) is 5.95 Å². The summed E-state index contributed by atoms with van der Waals surface area (Å²) < 4.78 is 12.8. The largest absolute Gasteiger partial charge is 0.321 e. The predicted molar refractivity (Wildman–Crippen MR) is 56.4 cm³/mol. The number of pyridine rings is 2. The van der Waals surface area contributed by atoms with Gasteiger partial charge < -0.3 is 5.32 Å². The average Bonchev–Trinajstić information content (AvgIpc) is 2.30. The number of rotatable bonds is 2. The lowest BCUT2D eigenvalue weighted by molar-refractivity contribution is 0.102. The van der Waals surface area contributed by atoms with Gasteiger partial charge in [-0.2, -0.15) is 4.39 Å². The van der Waals surface area contributed by atoms with Crippen molar-refractivity contribution < 1.29 is 9.18 Å². The van der Waals surface area contributed by atoms with E-state index in [0.717, 1.165) is 6.07 Å². The maximum absolute atomic E-state index is 12.8. The molecule has 0 aliphatic heterocycles. The summed E-state index contributed by atoms with van der Waals surface area (Å²) in [6.45, 7) is 0. The Labute approximate surface area is 91.2 Å². The summed E-state index contributed by atoms with van der Waals surface area (Å²) in [5, 5.41) is 2.59. The minimum Gasteiger partial charge on any atom is -0.321 e. The molecule has 0 fully saturated rings. The lowest BCUT2D eigenvalue weighted by atomic mass is 10.2. The van der Waals surface area contributed by atoms with Gasteiger partial charge in [0.05, 0.1) is 11.9 Å². The van der Waals surface area contributed by atoms with Crippen LogP contribution in [0.25, 0.3) is 0 Å². The maximum Gasteiger partial charge on any atom is 0.255 e.